The number of carbonyl (C=O) groups is 3. The molecule has 0 unspecified atom stereocenters. The Balaban J connectivity index is 1.21. The molecule has 0 atom stereocenters. The number of aryl methyl sites for hydroxylation is 1. The van der Waals surface area contributed by atoms with Gasteiger partial charge in [-0.3, -0.25) is 19.3 Å². The first kappa shape index (κ1) is 18.2. The first-order valence-corrected chi connectivity index (χ1v) is 9.36. The molecule has 144 valence electrons. The van der Waals surface area contributed by atoms with Gasteiger partial charge < -0.3 is 9.64 Å². The number of nitrogens with zero attached hydrogens (tertiary/aromatic N) is 3. The van der Waals surface area contributed by atoms with Crippen LogP contribution in [0.25, 0.3) is 0 Å². The summed E-state index contributed by atoms with van der Waals surface area (Å²) in [6.07, 6.45) is 0.698. The van der Waals surface area contributed by atoms with E-state index in [1.165, 1.54) is 4.90 Å². The van der Waals surface area contributed by atoms with E-state index in [4.69, 9.17) is 4.74 Å². The molecule has 0 bridgehead atoms. The molecule has 0 aliphatic carbocycles. The third-order valence-electron chi connectivity index (χ3n) is 5.00. The van der Waals surface area contributed by atoms with Gasteiger partial charge in [-0.1, -0.05) is 18.2 Å². The average Bonchev–Trinajstić information content (AvgIpc) is 2.89. The molecule has 0 spiro atoms. The van der Waals surface area contributed by atoms with Gasteiger partial charge in [-0.2, -0.15) is 0 Å². The van der Waals surface area contributed by atoms with Crippen molar-refractivity contribution in [2.45, 2.75) is 25.9 Å². The van der Waals surface area contributed by atoms with Crippen LogP contribution in [0.2, 0.25) is 0 Å². The molecule has 4 rings (SSSR count). The van der Waals surface area contributed by atoms with Gasteiger partial charge in [0.2, 0.25) is 11.8 Å². The zero-order chi connectivity index (χ0) is 19.7. The van der Waals surface area contributed by atoms with Crippen LogP contribution < -0.4 is 4.74 Å². The van der Waals surface area contributed by atoms with Crippen molar-refractivity contribution in [1.82, 2.24) is 14.8 Å². The minimum absolute atomic E-state index is 0.00802. The van der Waals surface area contributed by atoms with Crippen LogP contribution in [0, 0.1) is 6.92 Å². The second kappa shape index (κ2) is 7.42. The van der Waals surface area contributed by atoms with Gasteiger partial charge in [-0.15, -0.1) is 0 Å². The van der Waals surface area contributed by atoms with Crippen LogP contribution in [0.15, 0.2) is 42.5 Å². The summed E-state index contributed by atoms with van der Waals surface area (Å²) < 4.78 is 5.76. The van der Waals surface area contributed by atoms with Crippen LogP contribution in [0.1, 0.15) is 39.3 Å². The maximum atomic E-state index is 12.3. The van der Waals surface area contributed by atoms with E-state index in [-0.39, 0.29) is 30.4 Å². The molecule has 28 heavy (non-hydrogen) atoms. The van der Waals surface area contributed by atoms with Crippen LogP contribution >= 0.6 is 0 Å². The maximum absolute atomic E-state index is 12.3. The second-order valence-electron chi connectivity index (χ2n) is 7.07. The fraction of sp³-hybridized carbons (Fsp3) is 0.333. The molecule has 0 N–H and O–H groups in total. The first-order valence-electron chi connectivity index (χ1n) is 9.36. The highest BCUT2D eigenvalue weighted by Crippen LogP contribution is 2.23. The number of fused-ring (bicyclic) bond motifs is 1. The van der Waals surface area contributed by atoms with Crippen molar-refractivity contribution in [3.63, 3.8) is 0 Å². The Hall–Kier alpha value is -3.22. The lowest BCUT2D eigenvalue weighted by atomic mass is 10.1. The molecule has 1 saturated heterocycles. The summed E-state index contributed by atoms with van der Waals surface area (Å²) in [5.41, 5.74) is 1.76. The molecule has 0 saturated carbocycles. The summed E-state index contributed by atoms with van der Waals surface area (Å²) >= 11 is 0. The average molecular weight is 379 g/mol. The Morgan fingerprint density at radius 2 is 1.75 bits per heavy atom. The van der Waals surface area contributed by atoms with Crippen LogP contribution in [-0.2, 0) is 4.79 Å². The van der Waals surface area contributed by atoms with Crippen molar-refractivity contribution in [1.29, 1.82) is 0 Å². The molecule has 1 aromatic heterocycles. The molecule has 2 aliphatic rings. The Bertz CT molecular complexity index is 902. The summed E-state index contributed by atoms with van der Waals surface area (Å²) in [5, 5.41) is 0. The first-order chi connectivity index (χ1) is 13.5. The van der Waals surface area contributed by atoms with Gasteiger partial charge in [0, 0.05) is 24.7 Å². The minimum Gasteiger partial charge on any atom is -0.471 e. The maximum Gasteiger partial charge on any atom is 0.261 e. The SMILES string of the molecule is Cc1cccc(OC2CN(C(=O)CCCN3C(=O)c4ccccc4C3=O)C2)n1. The van der Waals surface area contributed by atoms with Crippen molar-refractivity contribution in [3.8, 4) is 5.88 Å². The fourth-order valence-corrected chi connectivity index (χ4v) is 3.46. The number of amides is 3. The number of ether oxygens (including phenoxy) is 1. The van der Waals surface area contributed by atoms with Gasteiger partial charge in [-0.25, -0.2) is 4.98 Å². The highest BCUT2D eigenvalue weighted by molar-refractivity contribution is 6.21. The number of rotatable bonds is 6. The van der Waals surface area contributed by atoms with E-state index in [2.05, 4.69) is 4.98 Å². The molecule has 7 nitrogen and oxygen atoms in total. The van der Waals surface area contributed by atoms with E-state index < -0.39 is 0 Å². The van der Waals surface area contributed by atoms with E-state index in [9.17, 15) is 14.4 Å². The normalized spacial score (nSPS) is 16.2. The van der Waals surface area contributed by atoms with Gasteiger partial charge in [-0.05, 0) is 31.5 Å². The van der Waals surface area contributed by atoms with E-state index >= 15 is 0 Å². The zero-order valence-corrected chi connectivity index (χ0v) is 15.6. The largest absolute Gasteiger partial charge is 0.471 e. The molecule has 3 amide bonds. The number of imide groups is 1. The highest BCUT2D eigenvalue weighted by Gasteiger charge is 2.35. The summed E-state index contributed by atoms with van der Waals surface area (Å²) in [7, 11) is 0. The Labute approximate surface area is 162 Å². The van der Waals surface area contributed by atoms with Crippen molar-refractivity contribution in [2.75, 3.05) is 19.6 Å². The minimum atomic E-state index is -0.281. The molecule has 0 radical (unpaired) electrons. The van der Waals surface area contributed by atoms with Crippen molar-refractivity contribution in [2.24, 2.45) is 0 Å². The number of benzene rings is 1. The molecule has 2 aromatic rings. The lowest BCUT2D eigenvalue weighted by Gasteiger charge is -2.38. The molecule has 7 heteroatoms. The van der Waals surface area contributed by atoms with Crippen LogP contribution in [0.5, 0.6) is 5.88 Å². The lowest BCUT2D eigenvalue weighted by molar-refractivity contribution is -0.140. The third-order valence-corrected chi connectivity index (χ3v) is 5.00. The van der Waals surface area contributed by atoms with Gasteiger partial charge in [0.25, 0.3) is 11.8 Å². The monoisotopic (exact) mass is 379 g/mol. The third kappa shape index (κ3) is 3.47. The lowest BCUT2D eigenvalue weighted by Crippen LogP contribution is -2.56. The Kier molecular flexibility index (Phi) is 4.81. The smallest absolute Gasteiger partial charge is 0.261 e. The van der Waals surface area contributed by atoms with Crippen molar-refractivity contribution >= 4 is 17.7 Å². The summed E-state index contributed by atoms with van der Waals surface area (Å²) in [6.45, 7) is 3.21. The van der Waals surface area contributed by atoms with Gasteiger partial charge in [0.05, 0.1) is 24.2 Å². The molecular weight excluding hydrogens is 358 g/mol. The van der Waals surface area contributed by atoms with E-state index in [0.717, 1.165) is 5.69 Å². The molecule has 1 fully saturated rings. The summed E-state index contributed by atoms with van der Waals surface area (Å²) in [5.74, 6) is 0.0172. The van der Waals surface area contributed by atoms with Gasteiger partial charge >= 0.3 is 0 Å². The number of hydrogen-bond acceptors (Lipinski definition) is 5. The highest BCUT2D eigenvalue weighted by atomic mass is 16.5. The summed E-state index contributed by atoms with van der Waals surface area (Å²) in [6, 6.07) is 12.4. The molecule has 2 aliphatic heterocycles. The molecule has 3 heterocycles. The van der Waals surface area contributed by atoms with Gasteiger partial charge in [0.1, 0.15) is 6.10 Å². The predicted molar refractivity (Wildman–Crippen MR) is 101 cm³/mol. The number of pyridine rings is 1. The Morgan fingerprint density at radius 3 is 2.39 bits per heavy atom. The number of hydrogen-bond donors (Lipinski definition) is 0. The van der Waals surface area contributed by atoms with E-state index in [1.54, 1.807) is 35.2 Å². The number of aromatic nitrogens is 1. The zero-order valence-electron chi connectivity index (χ0n) is 15.6. The van der Waals surface area contributed by atoms with Gasteiger partial charge in [0.15, 0.2) is 0 Å². The van der Waals surface area contributed by atoms with E-state index in [1.807, 2.05) is 19.1 Å². The quantitative estimate of drug-likeness (QED) is 0.718. The van der Waals surface area contributed by atoms with E-state index in [0.29, 0.717) is 42.9 Å². The predicted octanol–water partition coefficient (Wildman–Crippen LogP) is 2.06. The molecule has 1 aromatic carbocycles. The Morgan fingerprint density at radius 1 is 1.07 bits per heavy atom. The molecular formula is C21H21N3O4. The summed E-state index contributed by atoms with van der Waals surface area (Å²) in [4.78, 5) is 44.2. The van der Waals surface area contributed by atoms with Crippen LogP contribution in [0.3, 0.4) is 0 Å². The standard InChI is InChI=1S/C21H21N3O4/c1-14-6-4-9-18(22-14)28-15-12-23(13-15)19(25)10-5-11-24-20(26)16-7-2-3-8-17(16)21(24)27/h2-4,6-9,15H,5,10-13H2,1H3. The van der Waals surface area contributed by atoms with Crippen molar-refractivity contribution in [3.05, 3.63) is 59.3 Å². The number of likely N-dealkylation sites (tertiary alicyclic amines) is 1. The topological polar surface area (TPSA) is 79.8 Å². The number of carbonyl (C=O) groups excluding carboxylic acids is 3. The van der Waals surface area contributed by atoms with Crippen LogP contribution in [-0.4, -0.2) is 58.2 Å². The van der Waals surface area contributed by atoms with Crippen molar-refractivity contribution < 1.29 is 19.1 Å². The fourth-order valence-electron chi connectivity index (χ4n) is 3.46. The van der Waals surface area contributed by atoms with Crippen LogP contribution in [0.4, 0.5) is 0 Å². The second-order valence-corrected chi connectivity index (χ2v) is 7.07.